The van der Waals surface area contributed by atoms with Crippen molar-refractivity contribution in [3.05, 3.63) is 12.3 Å². The minimum Gasteiger partial charge on any atom is -0.353 e. The van der Waals surface area contributed by atoms with Gasteiger partial charge in [0.25, 0.3) is 0 Å². The van der Waals surface area contributed by atoms with E-state index in [2.05, 4.69) is 19.7 Å². The summed E-state index contributed by atoms with van der Waals surface area (Å²) < 4.78 is 0. The minimum absolute atomic E-state index is 0.349. The monoisotopic (exact) mass is 385 g/mol. The number of anilines is 2. The molecule has 1 saturated carbocycles. The van der Waals surface area contributed by atoms with E-state index >= 15 is 0 Å². The van der Waals surface area contributed by atoms with Crippen LogP contribution in [-0.4, -0.2) is 60.0 Å². The van der Waals surface area contributed by atoms with Crippen molar-refractivity contribution in [2.45, 2.75) is 64.2 Å². The lowest BCUT2D eigenvalue weighted by Gasteiger charge is -2.36. The van der Waals surface area contributed by atoms with Gasteiger partial charge in [0.15, 0.2) is 0 Å². The smallest absolute Gasteiger partial charge is 0.227 e. The molecule has 0 radical (unpaired) electrons. The van der Waals surface area contributed by atoms with E-state index in [9.17, 15) is 4.79 Å². The molecule has 3 heterocycles. The normalized spacial score (nSPS) is 21.8. The molecule has 6 nitrogen and oxygen atoms in total. The number of hydrogen-bond donors (Lipinski definition) is 0. The summed E-state index contributed by atoms with van der Waals surface area (Å²) in [6.45, 7) is 5.48. The number of piperidine rings is 1. The maximum absolute atomic E-state index is 12.6. The van der Waals surface area contributed by atoms with Gasteiger partial charge >= 0.3 is 0 Å². The summed E-state index contributed by atoms with van der Waals surface area (Å²) in [5, 5.41) is 0. The van der Waals surface area contributed by atoms with Crippen LogP contribution in [0.1, 0.15) is 64.2 Å². The van der Waals surface area contributed by atoms with Crippen molar-refractivity contribution in [2.75, 3.05) is 49.1 Å². The summed E-state index contributed by atoms with van der Waals surface area (Å²) >= 11 is 0. The molecule has 0 bridgehead atoms. The predicted molar refractivity (Wildman–Crippen MR) is 113 cm³/mol. The zero-order valence-corrected chi connectivity index (χ0v) is 17.2. The number of amides is 1. The second-order valence-electron chi connectivity index (χ2n) is 8.67. The first-order valence-corrected chi connectivity index (χ1v) is 11.4. The largest absolute Gasteiger partial charge is 0.353 e. The van der Waals surface area contributed by atoms with Crippen LogP contribution in [0.25, 0.3) is 0 Å². The molecule has 3 aliphatic rings. The highest BCUT2D eigenvalue weighted by Gasteiger charge is 2.24. The highest BCUT2D eigenvalue weighted by molar-refractivity contribution is 5.76. The molecule has 2 aliphatic heterocycles. The first-order valence-electron chi connectivity index (χ1n) is 11.4. The molecule has 0 atom stereocenters. The van der Waals surface area contributed by atoms with Gasteiger partial charge in [-0.05, 0) is 37.7 Å². The molecule has 1 aromatic rings. The lowest BCUT2D eigenvalue weighted by molar-refractivity contribution is -0.131. The fraction of sp³-hybridized carbons (Fsp3) is 0.773. The van der Waals surface area contributed by atoms with Crippen LogP contribution in [0.15, 0.2) is 12.3 Å². The minimum atomic E-state index is 0.349. The van der Waals surface area contributed by atoms with E-state index in [0.717, 1.165) is 69.8 Å². The Morgan fingerprint density at radius 2 is 1.61 bits per heavy atom. The number of carbonyl (C=O) groups excluding carboxylic acids is 1. The molecule has 154 valence electrons. The Morgan fingerprint density at radius 3 is 2.36 bits per heavy atom. The lowest BCUT2D eigenvalue weighted by atomic mass is 9.86. The Labute approximate surface area is 169 Å². The number of nitrogens with zero attached hydrogens (tertiary/aromatic N) is 5. The SMILES string of the molecule is O=C(CCC1CCCCC1)N1CCN(c2ccnc(N3CCCCC3)n2)CC1. The van der Waals surface area contributed by atoms with Gasteiger partial charge in [-0.1, -0.05) is 32.1 Å². The Morgan fingerprint density at radius 1 is 0.893 bits per heavy atom. The Balaban J connectivity index is 1.26. The molecule has 1 amide bonds. The second kappa shape index (κ2) is 9.57. The summed E-state index contributed by atoms with van der Waals surface area (Å²) in [4.78, 5) is 28.6. The molecule has 6 heteroatoms. The molecule has 0 aromatic carbocycles. The van der Waals surface area contributed by atoms with Crippen molar-refractivity contribution >= 4 is 17.7 Å². The third-order valence-corrected chi connectivity index (χ3v) is 6.71. The number of aromatic nitrogens is 2. The Hall–Kier alpha value is -1.85. The summed E-state index contributed by atoms with van der Waals surface area (Å²) in [6.07, 6.45) is 14.2. The molecule has 2 saturated heterocycles. The van der Waals surface area contributed by atoms with Gasteiger partial charge in [0.2, 0.25) is 11.9 Å². The van der Waals surface area contributed by atoms with Crippen molar-refractivity contribution in [3.63, 3.8) is 0 Å². The van der Waals surface area contributed by atoms with E-state index in [1.807, 2.05) is 12.3 Å². The van der Waals surface area contributed by atoms with Crippen LogP contribution in [0.5, 0.6) is 0 Å². The van der Waals surface area contributed by atoms with Crippen LogP contribution >= 0.6 is 0 Å². The molecular formula is C22H35N5O. The first kappa shape index (κ1) is 19.5. The highest BCUT2D eigenvalue weighted by atomic mass is 16.2. The Kier molecular flexibility index (Phi) is 6.65. The zero-order valence-electron chi connectivity index (χ0n) is 17.2. The lowest BCUT2D eigenvalue weighted by Crippen LogP contribution is -2.49. The Bertz CT molecular complexity index is 632. The van der Waals surface area contributed by atoms with E-state index in [1.165, 1.54) is 51.4 Å². The molecule has 0 spiro atoms. The predicted octanol–water partition coefficient (Wildman–Crippen LogP) is 3.48. The number of carbonyl (C=O) groups is 1. The van der Waals surface area contributed by atoms with Gasteiger partial charge in [-0.15, -0.1) is 0 Å². The maximum atomic E-state index is 12.6. The van der Waals surface area contributed by atoms with E-state index in [-0.39, 0.29) is 0 Å². The highest BCUT2D eigenvalue weighted by Crippen LogP contribution is 2.27. The van der Waals surface area contributed by atoms with Crippen molar-refractivity contribution < 1.29 is 4.79 Å². The van der Waals surface area contributed by atoms with Crippen LogP contribution in [0, 0.1) is 5.92 Å². The molecule has 3 fully saturated rings. The molecule has 4 rings (SSSR count). The van der Waals surface area contributed by atoms with E-state index in [1.54, 1.807) is 0 Å². The van der Waals surface area contributed by atoms with Crippen LogP contribution in [0.4, 0.5) is 11.8 Å². The molecule has 1 aromatic heterocycles. The van der Waals surface area contributed by atoms with Crippen molar-refractivity contribution in [1.82, 2.24) is 14.9 Å². The quantitative estimate of drug-likeness (QED) is 0.777. The molecule has 0 unspecified atom stereocenters. The van der Waals surface area contributed by atoms with Crippen molar-refractivity contribution in [3.8, 4) is 0 Å². The van der Waals surface area contributed by atoms with Gasteiger partial charge < -0.3 is 14.7 Å². The summed E-state index contributed by atoms with van der Waals surface area (Å²) in [6, 6.07) is 2.01. The molecule has 0 N–H and O–H groups in total. The molecular weight excluding hydrogens is 350 g/mol. The average molecular weight is 386 g/mol. The molecule has 28 heavy (non-hydrogen) atoms. The third kappa shape index (κ3) is 4.95. The van der Waals surface area contributed by atoms with E-state index in [4.69, 9.17) is 4.98 Å². The van der Waals surface area contributed by atoms with Crippen LogP contribution in [0.2, 0.25) is 0 Å². The van der Waals surface area contributed by atoms with Crippen LogP contribution in [0.3, 0.4) is 0 Å². The van der Waals surface area contributed by atoms with Gasteiger partial charge in [0.1, 0.15) is 5.82 Å². The van der Waals surface area contributed by atoms with E-state index in [0.29, 0.717) is 5.91 Å². The topological polar surface area (TPSA) is 52.6 Å². The van der Waals surface area contributed by atoms with Gasteiger partial charge in [-0.3, -0.25) is 4.79 Å². The van der Waals surface area contributed by atoms with Gasteiger partial charge in [-0.25, -0.2) is 4.98 Å². The summed E-state index contributed by atoms with van der Waals surface area (Å²) in [5.74, 6) is 3.00. The standard InChI is InChI=1S/C22H35N5O/c28-21(10-9-19-7-3-1-4-8-19)26-17-15-25(16-18-26)20-11-12-23-22(24-20)27-13-5-2-6-14-27/h11-12,19H,1-10,13-18H2. The van der Waals surface area contributed by atoms with Crippen molar-refractivity contribution in [1.29, 1.82) is 0 Å². The number of hydrogen-bond acceptors (Lipinski definition) is 5. The van der Waals surface area contributed by atoms with Crippen LogP contribution < -0.4 is 9.80 Å². The fourth-order valence-electron chi connectivity index (χ4n) is 4.91. The summed E-state index contributed by atoms with van der Waals surface area (Å²) in [5.41, 5.74) is 0. The molecule has 1 aliphatic carbocycles. The van der Waals surface area contributed by atoms with Gasteiger partial charge in [-0.2, -0.15) is 4.98 Å². The van der Waals surface area contributed by atoms with Crippen LogP contribution in [-0.2, 0) is 4.79 Å². The van der Waals surface area contributed by atoms with Crippen molar-refractivity contribution in [2.24, 2.45) is 5.92 Å². The maximum Gasteiger partial charge on any atom is 0.227 e. The second-order valence-corrected chi connectivity index (χ2v) is 8.67. The van der Waals surface area contributed by atoms with Gasteiger partial charge in [0, 0.05) is 51.9 Å². The first-order chi connectivity index (χ1) is 13.8. The zero-order chi connectivity index (χ0) is 19.2. The fourth-order valence-corrected chi connectivity index (χ4v) is 4.91. The number of rotatable bonds is 5. The van der Waals surface area contributed by atoms with E-state index < -0.39 is 0 Å². The third-order valence-electron chi connectivity index (χ3n) is 6.71. The average Bonchev–Trinajstić information content (AvgIpc) is 2.79. The number of piperazine rings is 1. The summed E-state index contributed by atoms with van der Waals surface area (Å²) in [7, 11) is 0. The van der Waals surface area contributed by atoms with Gasteiger partial charge in [0.05, 0.1) is 0 Å².